The van der Waals surface area contributed by atoms with Gasteiger partial charge in [0.25, 0.3) is 0 Å². The van der Waals surface area contributed by atoms with E-state index in [1.807, 2.05) is 18.0 Å². The molecule has 6 fully saturated rings. The number of fused-ring (bicyclic) bond motifs is 8. The molecule has 0 bridgehead atoms. The second kappa shape index (κ2) is 13.1. The van der Waals surface area contributed by atoms with E-state index in [0.29, 0.717) is 30.3 Å². The summed E-state index contributed by atoms with van der Waals surface area (Å²) in [7, 11) is -6.04. The Morgan fingerprint density at radius 3 is 2.28 bits per heavy atom. The molecule has 0 N–H and O–H groups in total. The normalized spacial score (nSPS) is 48.1. The zero-order valence-corrected chi connectivity index (χ0v) is 38.2. The lowest BCUT2D eigenvalue weighted by Crippen LogP contribution is -2.76. The third-order valence-corrected chi connectivity index (χ3v) is 18.7. The molecule has 9 nitrogen and oxygen atoms in total. The number of nitrogens with zero attached hydrogens (tertiary/aromatic N) is 1. The summed E-state index contributed by atoms with van der Waals surface area (Å²) < 4.78 is 49.2. The molecule has 4 aliphatic carbocycles. The zero-order chi connectivity index (χ0) is 38.0. The molecule has 2 saturated heterocycles. The van der Waals surface area contributed by atoms with Gasteiger partial charge in [-0.1, -0.05) is 6.92 Å². The Kier molecular flexibility index (Phi) is 9.74. The summed E-state index contributed by atoms with van der Waals surface area (Å²) >= 11 is 1.84. The van der Waals surface area contributed by atoms with E-state index in [4.69, 9.17) is 37.2 Å². The van der Waals surface area contributed by atoms with Crippen LogP contribution in [0.25, 0.3) is 0 Å². The lowest BCUT2D eigenvalue weighted by Gasteiger charge is -2.68. The second-order valence-corrected chi connectivity index (χ2v) is 35.8. The Morgan fingerprint density at radius 1 is 0.887 bits per heavy atom. The van der Waals surface area contributed by atoms with Crippen LogP contribution in [-0.4, -0.2) is 97.0 Å². The van der Waals surface area contributed by atoms with Gasteiger partial charge in [0, 0.05) is 41.9 Å². The predicted molar refractivity (Wildman–Crippen MR) is 216 cm³/mol. The van der Waals surface area contributed by atoms with E-state index >= 15 is 0 Å². The quantitative estimate of drug-likeness (QED) is 0.136. The van der Waals surface area contributed by atoms with Crippen molar-refractivity contribution >= 4 is 48.9 Å². The van der Waals surface area contributed by atoms with Crippen molar-refractivity contribution in [2.24, 2.45) is 39.5 Å². The molecule has 0 aromatic carbocycles. The predicted octanol–water partition coefficient (Wildman–Crippen LogP) is 8.52. The molecule has 0 aromatic heterocycles. The van der Waals surface area contributed by atoms with Crippen molar-refractivity contribution in [1.29, 1.82) is 0 Å². The molecule has 1 spiro atoms. The minimum absolute atomic E-state index is 0.0106. The maximum Gasteiger partial charge on any atom is 0.331 e. The standard InChI is InChI=1S/C40H67NO8SSi3/c1-26-22-39(41-18-19-50-39)40(49-53(9,10)11)35(45-26)46-32-21-28-12-13-31-30(37(28,23-33(32)47-40)25-44-51(3,4)5)14-16-36(2)29(27-20-34(42)43-24-27)15-17-38(31,36)48-52(6,7)8/h18,20,26,28-33,35H,12-17,19,21-25H2,1-11H3/t26-,28+,29-,30+,31-,32-,33-,35+,36-,37-,38+,39+,40+/m1/s1. The average Bonchev–Trinajstić information content (AvgIpc) is 3.75. The van der Waals surface area contributed by atoms with E-state index in [1.165, 1.54) is 5.57 Å². The molecule has 53 heavy (non-hydrogen) atoms. The lowest BCUT2D eigenvalue weighted by atomic mass is 9.42. The minimum Gasteiger partial charge on any atom is -0.458 e. The van der Waals surface area contributed by atoms with Gasteiger partial charge in [0.1, 0.15) is 6.61 Å². The zero-order valence-electron chi connectivity index (χ0n) is 34.4. The number of thioether (sulfide) groups is 1. The first-order chi connectivity index (χ1) is 24.6. The van der Waals surface area contributed by atoms with Gasteiger partial charge in [-0.15, -0.1) is 11.8 Å². The van der Waals surface area contributed by atoms with E-state index in [-0.39, 0.29) is 40.7 Å². The van der Waals surface area contributed by atoms with Gasteiger partial charge in [-0.05, 0) is 146 Å². The molecular formula is C40H67NO8SSi3. The number of hydrogen-bond donors (Lipinski definition) is 0. The summed E-state index contributed by atoms with van der Waals surface area (Å²) in [5.74, 6) is 1.14. The van der Waals surface area contributed by atoms with Gasteiger partial charge in [-0.3, -0.25) is 4.99 Å². The van der Waals surface area contributed by atoms with E-state index in [1.54, 1.807) is 6.08 Å². The average molecular weight is 806 g/mol. The third-order valence-electron chi connectivity index (χ3n) is 14.4. The summed E-state index contributed by atoms with van der Waals surface area (Å²) in [4.78, 5) is 17.0. The van der Waals surface area contributed by atoms with E-state index in [2.05, 4.69) is 72.8 Å². The SMILES string of the molecule is C[C@@H]1C[C@@]2(N=CCS2)[C@]2(O[Si](C)(C)C)O[C@@H]3C[C@@]4(CO[Si](C)(C)C)[C@@H](CC[C@@H]5[C@@H]4CC[C@]4(C)[C@@H](C6=CC(=O)OC6)CC[C@]54O[Si](C)(C)C)C[C@H]3O[C@@H]2O1. The first kappa shape index (κ1) is 39.5. The summed E-state index contributed by atoms with van der Waals surface area (Å²) in [6.45, 7) is 26.7. The highest BCUT2D eigenvalue weighted by molar-refractivity contribution is 8.01. The van der Waals surface area contributed by atoms with E-state index < -0.39 is 41.9 Å². The number of rotatable bonds is 8. The van der Waals surface area contributed by atoms with Crippen molar-refractivity contribution in [1.82, 2.24) is 0 Å². The van der Waals surface area contributed by atoms with Gasteiger partial charge in [-0.25, -0.2) is 4.79 Å². The third kappa shape index (κ3) is 6.43. The largest absolute Gasteiger partial charge is 0.458 e. The maximum atomic E-state index is 12.4. The van der Waals surface area contributed by atoms with Crippen molar-refractivity contribution in [3.8, 4) is 0 Å². The van der Waals surface area contributed by atoms with Crippen LogP contribution in [0, 0.1) is 34.5 Å². The first-order valence-electron chi connectivity index (χ1n) is 20.7. The molecule has 13 atom stereocenters. The Hall–Kier alpha value is -0.359. The van der Waals surface area contributed by atoms with Crippen LogP contribution in [0.1, 0.15) is 71.6 Å². The molecule has 4 saturated carbocycles. The number of cyclic esters (lactones) is 1. The highest BCUT2D eigenvalue weighted by atomic mass is 32.2. The molecule has 0 amide bonds. The van der Waals surface area contributed by atoms with Crippen LogP contribution in [0.5, 0.6) is 0 Å². The summed E-state index contributed by atoms with van der Waals surface area (Å²) in [6, 6.07) is 0. The van der Waals surface area contributed by atoms with E-state index in [9.17, 15) is 4.79 Å². The monoisotopic (exact) mass is 805 g/mol. The van der Waals surface area contributed by atoms with Crippen LogP contribution >= 0.6 is 11.8 Å². The molecule has 4 heterocycles. The molecule has 8 rings (SSSR count). The number of hydrogen-bond acceptors (Lipinski definition) is 10. The number of esters is 1. The fourth-order valence-electron chi connectivity index (χ4n) is 12.8. The van der Waals surface area contributed by atoms with Crippen molar-refractivity contribution in [3.63, 3.8) is 0 Å². The molecule has 4 aliphatic heterocycles. The van der Waals surface area contributed by atoms with Gasteiger partial charge >= 0.3 is 5.97 Å². The molecule has 8 aliphatic rings. The van der Waals surface area contributed by atoms with Gasteiger partial charge in [0.15, 0.2) is 29.8 Å². The maximum absolute atomic E-state index is 12.4. The van der Waals surface area contributed by atoms with Crippen LogP contribution in [0.15, 0.2) is 16.6 Å². The van der Waals surface area contributed by atoms with Crippen LogP contribution in [0.2, 0.25) is 58.9 Å². The Labute approximate surface area is 326 Å². The fourth-order valence-corrected chi connectivity index (χ4v) is 17.7. The summed E-state index contributed by atoms with van der Waals surface area (Å²) in [6.07, 6.45) is 12.1. The van der Waals surface area contributed by atoms with Gasteiger partial charge in [0.05, 0.1) is 23.9 Å². The number of carbonyl (C=O) groups excluding carboxylic acids is 1. The molecule has 0 unspecified atom stereocenters. The van der Waals surface area contributed by atoms with E-state index in [0.717, 1.165) is 70.1 Å². The molecular weight excluding hydrogens is 739 g/mol. The van der Waals surface area contributed by atoms with Crippen LogP contribution < -0.4 is 0 Å². The van der Waals surface area contributed by atoms with Crippen molar-refractivity contribution in [2.45, 2.75) is 171 Å². The van der Waals surface area contributed by atoms with Crippen molar-refractivity contribution in [2.75, 3.05) is 19.0 Å². The minimum atomic E-state index is -2.17. The smallest absolute Gasteiger partial charge is 0.331 e. The Bertz CT molecular complexity index is 1530. The molecule has 0 aromatic rings. The highest BCUT2D eigenvalue weighted by Gasteiger charge is 2.74. The fraction of sp³-hybridized carbons (Fsp3) is 0.900. The Morgan fingerprint density at radius 2 is 1.64 bits per heavy atom. The first-order valence-corrected chi connectivity index (χ1v) is 31.9. The van der Waals surface area contributed by atoms with Gasteiger partial charge in [-0.2, -0.15) is 0 Å². The number of carbonyl (C=O) groups is 1. The Balaban J connectivity index is 1.20. The lowest BCUT2D eigenvalue weighted by molar-refractivity contribution is -0.440. The van der Waals surface area contributed by atoms with Gasteiger partial charge in [0.2, 0.25) is 12.1 Å². The summed E-state index contributed by atoms with van der Waals surface area (Å²) in [5, 5.41) is 0. The summed E-state index contributed by atoms with van der Waals surface area (Å²) in [5.41, 5.74) is 0.786. The van der Waals surface area contributed by atoms with Crippen molar-refractivity contribution < 1.29 is 37.0 Å². The van der Waals surface area contributed by atoms with Crippen LogP contribution in [0.3, 0.4) is 0 Å². The molecule has 0 radical (unpaired) electrons. The van der Waals surface area contributed by atoms with Crippen LogP contribution in [-0.2, 0) is 37.0 Å². The number of ether oxygens (including phenoxy) is 4. The highest BCUT2D eigenvalue weighted by Crippen LogP contribution is 2.72. The van der Waals surface area contributed by atoms with Crippen LogP contribution in [0.4, 0.5) is 0 Å². The molecule has 13 heteroatoms. The molecule has 298 valence electrons. The second-order valence-electron chi connectivity index (χ2n) is 21.1. The van der Waals surface area contributed by atoms with Crippen molar-refractivity contribution in [3.05, 3.63) is 11.6 Å². The topological polar surface area (TPSA) is 94.0 Å². The number of aliphatic imine (C=N–C) groups is 1. The van der Waals surface area contributed by atoms with Gasteiger partial charge < -0.3 is 32.2 Å².